The van der Waals surface area contributed by atoms with Crippen LogP contribution in [0.15, 0.2) is 34.7 Å². The van der Waals surface area contributed by atoms with E-state index in [0.717, 1.165) is 9.47 Å². The second kappa shape index (κ2) is 7.99. The first-order chi connectivity index (χ1) is 10.2. The van der Waals surface area contributed by atoms with Crippen LogP contribution in [0.4, 0.5) is 5.13 Å². The van der Waals surface area contributed by atoms with Gasteiger partial charge in [0.1, 0.15) is 0 Å². The van der Waals surface area contributed by atoms with E-state index in [1.54, 1.807) is 7.05 Å². The van der Waals surface area contributed by atoms with Gasteiger partial charge in [0.15, 0.2) is 4.34 Å². The Morgan fingerprint density at radius 2 is 2.10 bits per heavy atom. The van der Waals surface area contributed by atoms with Crippen LogP contribution in [0.5, 0.6) is 0 Å². The van der Waals surface area contributed by atoms with Gasteiger partial charge in [-0.05, 0) is 11.5 Å². The maximum Gasteiger partial charge on any atom is 0.230 e. The first kappa shape index (κ1) is 15.8. The number of carbonyl (C=O) groups excluding carboxylic acids is 1. The number of aromatic nitrogens is 2. The fraction of sp³-hybridized carbons (Fsp3) is 0.357. The van der Waals surface area contributed by atoms with Crippen LogP contribution in [0.3, 0.4) is 0 Å². The van der Waals surface area contributed by atoms with E-state index in [2.05, 4.69) is 39.9 Å². The normalized spacial score (nSPS) is 11.9. The molecule has 0 fully saturated rings. The quantitative estimate of drug-likeness (QED) is 0.767. The SMILES string of the molecule is CNc1nnc(SCC(=O)NC[C@H](C)c2ccccc2)s1. The molecule has 2 rings (SSSR count). The molecule has 0 bridgehead atoms. The topological polar surface area (TPSA) is 66.9 Å². The van der Waals surface area contributed by atoms with Crippen molar-refractivity contribution in [1.29, 1.82) is 0 Å². The minimum atomic E-state index is 0.0176. The van der Waals surface area contributed by atoms with Gasteiger partial charge in [-0.3, -0.25) is 4.79 Å². The Morgan fingerprint density at radius 3 is 2.76 bits per heavy atom. The molecule has 0 saturated carbocycles. The maximum absolute atomic E-state index is 11.8. The van der Waals surface area contributed by atoms with Crippen molar-refractivity contribution in [2.24, 2.45) is 0 Å². The molecule has 0 aliphatic rings. The lowest BCUT2D eigenvalue weighted by Crippen LogP contribution is -2.28. The van der Waals surface area contributed by atoms with E-state index in [-0.39, 0.29) is 5.91 Å². The van der Waals surface area contributed by atoms with Crippen LogP contribution in [0, 0.1) is 0 Å². The highest BCUT2D eigenvalue weighted by Crippen LogP contribution is 2.24. The molecule has 0 spiro atoms. The number of amides is 1. The summed E-state index contributed by atoms with van der Waals surface area (Å²) in [5.41, 5.74) is 1.23. The van der Waals surface area contributed by atoms with Crippen molar-refractivity contribution < 1.29 is 4.79 Å². The molecule has 7 heteroatoms. The van der Waals surface area contributed by atoms with E-state index < -0.39 is 0 Å². The number of nitrogens with zero attached hydrogens (tertiary/aromatic N) is 2. The Labute approximate surface area is 132 Å². The van der Waals surface area contributed by atoms with Gasteiger partial charge >= 0.3 is 0 Å². The lowest BCUT2D eigenvalue weighted by atomic mass is 10.0. The summed E-state index contributed by atoms with van der Waals surface area (Å²) >= 11 is 2.85. The Hall–Kier alpha value is -1.60. The number of thioether (sulfide) groups is 1. The number of benzene rings is 1. The summed E-state index contributed by atoms with van der Waals surface area (Å²) in [4.78, 5) is 11.8. The summed E-state index contributed by atoms with van der Waals surface area (Å²) in [6.07, 6.45) is 0. The third-order valence-electron chi connectivity index (χ3n) is 2.92. The first-order valence-corrected chi connectivity index (χ1v) is 8.45. The second-order valence-corrected chi connectivity index (χ2v) is 6.73. The van der Waals surface area contributed by atoms with Crippen LogP contribution >= 0.6 is 23.1 Å². The fourth-order valence-corrected chi connectivity index (χ4v) is 3.25. The molecule has 0 saturated heterocycles. The van der Waals surface area contributed by atoms with Gasteiger partial charge in [-0.1, -0.05) is 60.4 Å². The monoisotopic (exact) mass is 322 g/mol. The predicted octanol–water partition coefficient (Wildman–Crippen LogP) is 2.59. The zero-order valence-corrected chi connectivity index (χ0v) is 13.6. The molecule has 0 aliphatic heterocycles. The van der Waals surface area contributed by atoms with Crippen molar-refractivity contribution in [3.63, 3.8) is 0 Å². The summed E-state index contributed by atoms with van der Waals surface area (Å²) < 4.78 is 0.797. The van der Waals surface area contributed by atoms with Crippen molar-refractivity contribution >= 4 is 34.1 Å². The summed E-state index contributed by atoms with van der Waals surface area (Å²) in [5, 5.41) is 14.6. The van der Waals surface area contributed by atoms with Gasteiger partial charge in [-0.15, -0.1) is 10.2 Å². The molecular formula is C14H18N4OS2. The van der Waals surface area contributed by atoms with Crippen molar-refractivity contribution in [3.05, 3.63) is 35.9 Å². The smallest absolute Gasteiger partial charge is 0.230 e. The van der Waals surface area contributed by atoms with Gasteiger partial charge in [0, 0.05) is 13.6 Å². The highest BCUT2D eigenvalue weighted by Gasteiger charge is 2.09. The van der Waals surface area contributed by atoms with Crippen LogP contribution in [0.25, 0.3) is 0 Å². The summed E-state index contributed by atoms with van der Waals surface area (Å²) in [6.45, 7) is 2.74. The predicted molar refractivity (Wildman–Crippen MR) is 88.0 cm³/mol. The van der Waals surface area contributed by atoms with E-state index in [9.17, 15) is 4.79 Å². The molecular weight excluding hydrogens is 304 g/mol. The molecule has 0 aliphatic carbocycles. The van der Waals surface area contributed by atoms with E-state index in [0.29, 0.717) is 18.2 Å². The number of rotatable bonds is 7. The zero-order valence-electron chi connectivity index (χ0n) is 12.0. The van der Waals surface area contributed by atoms with Crippen molar-refractivity contribution in [2.45, 2.75) is 17.2 Å². The Balaban J connectivity index is 1.72. The molecule has 1 heterocycles. The van der Waals surface area contributed by atoms with Crippen molar-refractivity contribution in [1.82, 2.24) is 15.5 Å². The van der Waals surface area contributed by atoms with E-state index in [1.807, 2.05) is 18.2 Å². The van der Waals surface area contributed by atoms with Crippen LogP contribution in [-0.2, 0) is 4.79 Å². The molecule has 1 amide bonds. The highest BCUT2D eigenvalue weighted by atomic mass is 32.2. The molecule has 2 aromatic rings. The lowest BCUT2D eigenvalue weighted by Gasteiger charge is -2.12. The largest absolute Gasteiger partial charge is 0.363 e. The van der Waals surface area contributed by atoms with Gasteiger partial charge in [-0.2, -0.15) is 0 Å². The first-order valence-electron chi connectivity index (χ1n) is 6.64. The number of carbonyl (C=O) groups is 1. The van der Waals surface area contributed by atoms with Crippen LogP contribution in [0.2, 0.25) is 0 Å². The summed E-state index contributed by atoms with van der Waals surface area (Å²) in [6, 6.07) is 10.2. The number of nitrogens with one attached hydrogen (secondary N) is 2. The second-order valence-electron chi connectivity index (χ2n) is 4.53. The highest BCUT2D eigenvalue weighted by molar-refractivity contribution is 8.01. The van der Waals surface area contributed by atoms with Crippen LogP contribution in [-0.4, -0.2) is 35.4 Å². The van der Waals surface area contributed by atoms with Gasteiger partial charge in [0.05, 0.1) is 5.75 Å². The van der Waals surface area contributed by atoms with Gasteiger partial charge in [0.25, 0.3) is 0 Å². The third-order valence-corrected chi connectivity index (χ3v) is 5.00. The molecule has 0 unspecified atom stereocenters. The Bertz CT molecular complexity index is 573. The van der Waals surface area contributed by atoms with Crippen LogP contribution < -0.4 is 10.6 Å². The molecule has 21 heavy (non-hydrogen) atoms. The number of hydrogen-bond acceptors (Lipinski definition) is 6. The lowest BCUT2D eigenvalue weighted by molar-refractivity contribution is -0.118. The summed E-state index contributed by atoms with van der Waals surface area (Å²) in [7, 11) is 1.80. The van der Waals surface area contributed by atoms with Gasteiger partial charge in [0.2, 0.25) is 11.0 Å². The number of hydrogen-bond donors (Lipinski definition) is 2. The van der Waals surface area contributed by atoms with Gasteiger partial charge < -0.3 is 10.6 Å². The zero-order chi connectivity index (χ0) is 15.1. The van der Waals surface area contributed by atoms with Crippen molar-refractivity contribution in [2.75, 3.05) is 24.7 Å². The molecule has 5 nitrogen and oxygen atoms in total. The van der Waals surface area contributed by atoms with Crippen molar-refractivity contribution in [3.8, 4) is 0 Å². The molecule has 0 radical (unpaired) electrons. The van der Waals surface area contributed by atoms with E-state index in [1.165, 1.54) is 28.7 Å². The molecule has 2 N–H and O–H groups in total. The Kier molecular flexibility index (Phi) is 6.01. The third kappa shape index (κ3) is 5.02. The number of anilines is 1. The van der Waals surface area contributed by atoms with Crippen LogP contribution in [0.1, 0.15) is 18.4 Å². The minimum Gasteiger partial charge on any atom is -0.363 e. The van der Waals surface area contributed by atoms with Gasteiger partial charge in [-0.25, -0.2) is 0 Å². The van der Waals surface area contributed by atoms with E-state index >= 15 is 0 Å². The average Bonchev–Trinajstić information content (AvgIpc) is 2.99. The minimum absolute atomic E-state index is 0.0176. The molecule has 112 valence electrons. The van der Waals surface area contributed by atoms with E-state index in [4.69, 9.17) is 0 Å². The maximum atomic E-state index is 11.8. The average molecular weight is 322 g/mol. The Morgan fingerprint density at radius 1 is 1.33 bits per heavy atom. The fourth-order valence-electron chi connectivity index (χ4n) is 1.71. The summed E-state index contributed by atoms with van der Waals surface area (Å²) in [5.74, 6) is 0.682. The standard InChI is InChI=1S/C14H18N4OS2/c1-10(11-6-4-3-5-7-11)8-16-12(19)9-20-14-18-17-13(15-2)21-14/h3-7,10H,8-9H2,1-2H3,(H,15,17)(H,16,19)/t10-/m0/s1. The molecule has 1 atom stereocenters. The molecule has 1 aromatic heterocycles. The molecule has 1 aromatic carbocycles.